The molecule has 0 amide bonds. The van der Waals surface area contributed by atoms with E-state index in [1.807, 2.05) is 6.92 Å². The summed E-state index contributed by atoms with van der Waals surface area (Å²) in [7, 11) is 0. The molecule has 0 rings (SSSR count). The monoisotopic (exact) mass is 278 g/mol. The van der Waals surface area contributed by atoms with Gasteiger partial charge in [0.25, 0.3) is 0 Å². The lowest BCUT2D eigenvalue weighted by Crippen LogP contribution is -2.20. The van der Waals surface area contributed by atoms with Crippen LogP contribution < -0.4 is 0 Å². The highest BCUT2D eigenvalue weighted by Gasteiger charge is 2.38. The Kier molecular flexibility index (Phi) is 7.10. The summed E-state index contributed by atoms with van der Waals surface area (Å²) in [5.41, 5.74) is -0.987. The maximum Gasteiger partial charge on any atom is 0.389 e. The topological polar surface area (TPSA) is 29.5 Å². The highest BCUT2D eigenvalue weighted by molar-refractivity contribution is 8.09. The molecule has 0 spiro atoms. The number of hydrogen-bond donors (Lipinski definition) is 1. The number of alkyl halides is 3. The number of rotatable bonds is 7. The predicted molar refractivity (Wildman–Crippen MR) is 62.1 cm³/mol. The smallest absolute Gasteiger partial charge is 0.345 e. The first-order valence-electron chi connectivity index (χ1n) is 5.26. The van der Waals surface area contributed by atoms with Gasteiger partial charge in [-0.15, -0.1) is 0 Å². The van der Waals surface area contributed by atoms with Gasteiger partial charge < -0.3 is 9.42 Å². The van der Waals surface area contributed by atoms with Crippen molar-refractivity contribution in [3.05, 3.63) is 0 Å². The highest BCUT2D eigenvalue weighted by Crippen LogP contribution is 2.52. The molecule has 2 nitrogen and oxygen atoms in total. The molecule has 0 aromatic heterocycles. The zero-order valence-corrected chi connectivity index (χ0v) is 11.2. The van der Waals surface area contributed by atoms with Crippen molar-refractivity contribution in [2.75, 3.05) is 6.61 Å². The fourth-order valence-electron chi connectivity index (χ4n) is 1.20. The Morgan fingerprint density at radius 1 is 1.38 bits per heavy atom. The summed E-state index contributed by atoms with van der Waals surface area (Å²) >= 11 is 4.79. The van der Waals surface area contributed by atoms with Gasteiger partial charge >= 0.3 is 6.18 Å². The third-order valence-corrected chi connectivity index (χ3v) is 5.41. The molecule has 0 heterocycles. The summed E-state index contributed by atoms with van der Waals surface area (Å²) < 4.78 is 41.7. The summed E-state index contributed by atoms with van der Waals surface area (Å²) in [5.74, 6) is 0. The lowest BCUT2D eigenvalue weighted by molar-refractivity contribution is -0.135. The third kappa shape index (κ3) is 6.84. The SMILES string of the molecule is CCCCOP(O)(=S)C(CC)CC(F)(F)F. The van der Waals surface area contributed by atoms with Crippen LogP contribution in [0.3, 0.4) is 0 Å². The molecule has 0 aromatic carbocycles. The maximum atomic E-state index is 12.2. The molecule has 0 aliphatic heterocycles. The van der Waals surface area contributed by atoms with Gasteiger partial charge in [-0.1, -0.05) is 20.3 Å². The van der Waals surface area contributed by atoms with E-state index in [1.54, 1.807) is 6.92 Å². The first kappa shape index (κ1) is 16.4. The number of hydrogen-bond acceptors (Lipinski definition) is 2. The van der Waals surface area contributed by atoms with Crippen LogP contribution in [0, 0.1) is 0 Å². The van der Waals surface area contributed by atoms with Gasteiger partial charge in [0, 0.05) is 5.66 Å². The van der Waals surface area contributed by atoms with Gasteiger partial charge in [0.1, 0.15) is 0 Å². The molecule has 0 saturated heterocycles. The second-order valence-electron chi connectivity index (χ2n) is 3.63. The normalized spacial score (nSPS) is 18.1. The standard InChI is InChI=1S/C9H18F3O2PS/c1-3-5-6-14-15(13,16)8(4-2)7-9(10,11)12/h8H,3-7H2,1-2H3,(H,13,16). The number of unbranched alkanes of at least 4 members (excludes halogenated alkanes) is 1. The summed E-state index contributed by atoms with van der Waals surface area (Å²) in [5, 5.41) is 0. The van der Waals surface area contributed by atoms with Crippen LogP contribution in [-0.4, -0.2) is 23.3 Å². The minimum atomic E-state index is -4.30. The van der Waals surface area contributed by atoms with Gasteiger partial charge in [-0.05, 0) is 24.6 Å². The van der Waals surface area contributed by atoms with Crippen molar-refractivity contribution in [3.8, 4) is 0 Å². The third-order valence-electron chi connectivity index (χ3n) is 2.17. The molecule has 0 aliphatic carbocycles. The number of halogens is 3. The summed E-state index contributed by atoms with van der Waals surface area (Å²) in [6.07, 6.45) is -3.64. The van der Waals surface area contributed by atoms with Gasteiger partial charge in [-0.2, -0.15) is 13.2 Å². The van der Waals surface area contributed by atoms with E-state index < -0.39 is 24.7 Å². The first-order valence-corrected chi connectivity index (χ1v) is 8.01. The Bertz CT molecular complexity index is 245. The van der Waals surface area contributed by atoms with Crippen molar-refractivity contribution in [1.82, 2.24) is 0 Å². The van der Waals surface area contributed by atoms with Crippen molar-refractivity contribution in [2.24, 2.45) is 0 Å². The molecule has 0 saturated carbocycles. The van der Waals surface area contributed by atoms with Crippen LogP contribution in [-0.2, 0) is 16.3 Å². The van der Waals surface area contributed by atoms with E-state index in [0.29, 0.717) is 6.42 Å². The van der Waals surface area contributed by atoms with Crippen molar-refractivity contribution in [1.29, 1.82) is 0 Å². The van der Waals surface area contributed by atoms with E-state index in [9.17, 15) is 18.1 Å². The highest BCUT2D eigenvalue weighted by atomic mass is 32.5. The van der Waals surface area contributed by atoms with E-state index in [4.69, 9.17) is 16.3 Å². The van der Waals surface area contributed by atoms with Gasteiger partial charge in [-0.25, -0.2) is 0 Å². The second kappa shape index (κ2) is 6.94. The second-order valence-corrected chi connectivity index (χ2v) is 7.32. The lowest BCUT2D eigenvalue weighted by atomic mass is 10.2. The molecule has 2 unspecified atom stereocenters. The summed E-state index contributed by atoms with van der Waals surface area (Å²) in [4.78, 5) is 9.77. The Hall–Kier alpha value is 0.360. The molecular formula is C9H18F3O2PS. The zero-order valence-electron chi connectivity index (χ0n) is 9.46. The quantitative estimate of drug-likeness (QED) is 0.567. The molecular weight excluding hydrogens is 260 g/mol. The molecule has 7 heteroatoms. The minimum Gasteiger partial charge on any atom is -0.345 e. The Balaban J connectivity index is 4.37. The molecule has 1 N–H and O–H groups in total. The van der Waals surface area contributed by atoms with E-state index in [0.717, 1.165) is 6.42 Å². The molecule has 0 aromatic rings. The Morgan fingerprint density at radius 3 is 2.31 bits per heavy atom. The predicted octanol–water partition coefficient (Wildman–Crippen LogP) is 3.84. The van der Waals surface area contributed by atoms with Crippen LogP contribution in [0.15, 0.2) is 0 Å². The van der Waals surface area contributed by atoms with Crippen LogP contribution in [0.1, 0.15) is 39.5 Å². The van der Waals surface area contributed by atoms with Crippen LogP contribution in [0.25, 0.3) is 0 Å². The summed E-state index contributed by atoms with van der Waals surface area (Å²) in [6.45, 7) is 0.427. The first-order chi connectivity index (χ1) is 7.23. The van der Waals surface area contributed by atoms with E-state index in [-0.39, 0.29) is 13.0 Å². The minimum absolute atomic E-state index is 0.180. The van der Waals surface area contributed by atoms with Crippen molar-refractivity contribution >= 4 is 18.3 Å². The van der Waals surface area contributed by atoms with Crippen molar-refractivity contribution < 1.29 is 22.6 Å². The van der Waals surface area contributed by atoms with E-state index in [1.165, 1.54) is 0 Å². The molecule has 0 bridgehead atoms. The molecule has 2 atom stereocenters. The largest absolute Gasteiger partial charge is 0.389 e. The Morgan fingerprint density at radius 2 is 1.94 bits per heavy atom. The lowest BCUT2D eigenvalue weighted by Gasteiger charge is -2.25. The van der Waals surface area contributed by atoms with E-state index in [2.05, 4.69) is 0 Å². The average Bonchev–Trinajstić information content (AvgIpc) is 2.13. The van der Waals surface area contributed by atoms with E-state index >= 15 is 0 Å². The van der Waals surface area contributed by atoms with Gasteiger partial charge in [-0.3, -0.25) is 0 Å². The van der Waals surface area contributed by atoms with Crippen LogP contribution in [0.4, 0.5) is 13.2 Å². The maximum absolute atomic E-state index is 12.2. The van der Waals surface area contributed by atoms with Crippen molar-refractivity contribution in [3.63, 3.8) is 0 Å². The molecule has 0 radical (unpaired) electrons. The van der Waals surface area contributed by atoms with Crippen LogP contribution in [0.5, 0.6) is 0 Å². The van der Waals surface area contributed by atoms with Crippen molar-refractivity contribution in [2.45, 2.75) is 51.4 Å². The van der Waals surface area contributed by atoms with Gasteiger partial charge in [0.05, 0.1) is 13.0 Å². The van der Waals surface area contributed by atoms with Crippen LogP contribution in [0.2, 0.25) is 0 Å². The fourth-order valence-corrected chi connectivity index (χ4v) is 3.60. The van der Waals surface area contributed by atoms with Gasteiger partial charge in [0.2, 0.25) is 0 Å². The Labute approximate surface area is 99.4 Å². The summed E-state index contributed by atoms with van der Waals surface area (Å²) in [6, 6.07) is 0. The average molecular weight is 278 g/mol. The molecule has 98 valence electrons. The molecule has 16 heavy (non-hydrogen) atoms. The van der Waals surface area contributed by atoms with Gasteiger partial charge in [0.15, 0.2) is 6.49 Å². The molecule has 0 fully saturated rings. The fraction of sp³-hybridized carbons (Fsp3) is 1.00. The zero-order chi connectivity index (χ0) is 12.8. The van der Waals surface area contributed by atoms with Crippen LogP contribution >= 0.6 is 6.49 Å². The molecule has 0 aliphatic rings.